The summed E-state index contributed by atoms with van der Waals surface area (Å²) in [6.07, 6.45) is 0.237. The van der Waals surface area contributed by atoms with Crippen molar-refractivity contribution in [2.75, 3.05) is 13.2 Å². The number of halogens is 2. The normalized spacial score (nSPS) is 11.1. The van der Waals surface area contributed by atoms with Crippen molar-refractivity contribution in [3.8, 4) is 5.75 Å². The van der Waals surface area contributed by atoms with Gasteiger partial charge in [-0.1, -0.05) is 6.07 Å². The van der Waals surface area contributed by atoms with E-state index in [2.05, 4.69) is 9.97 Å². The van der Waals surface area contributed by atoms with Gasteiger partial charge in [0, 0.05) is 30.4 Å². The molecular weight excluding hydrogens is 384 g/mol. The van der Waals surface area contributed by atoms with Gasteiger partial charge in [0.05, 0.1) is 13.2 Å². The molecule has 0 spiro atoms. The Bertz CT molecular complexity index is 1050. The quantitative estimate of drug-likeness (QED) is 0.422. The third-order valence-electron chi connectivity index (χ3n) is 4.05. The largest absolute Gasteiger partial charge is 0.493 e. The molecule has 0 amide bonds. The number of ketones is 1. The van der Waals surface area contributed by atoms with E-state index in [1.807, 2.05) is 0 Å². The molecule has 0 saturated heterocycles. The third-order valence-corrected chi connectivity index (χ3v) is 4.05. The number of Topliss-reactive ketones (excluding diaryl/α,β-unsaturated/α-hetero) is 1. The summed E-state index contributed by atoms with van der Waals surface area (Å²) in [5.41, 5.74) is 0.587. The van der Waals surface area contributed by atoms with Crippen LogP contribution in [0.25, 0.3) is 5.65 Å². The van der Waals surface area contributed by atoms with Crippen molar-refractivity contribution in [1.82, 2.24) is 14.4 Å². The van der Waals surface area contributed by atoms with Gasteiger partial charge in [-0.2, -0.15) is 0 Å². The van der Waals surface area contributed by atoms with Crippen LogP contribution >= 0.6 is 0 Å². The number of hydrogen-bond donors (Lipinski definition) is 0. The minimum Gasteiger partial charge on any atom is -0.493 e. The summed E-state index contributed by atoms with van der Waals surface area (Å²) in [4.78, 5) is 32.5. The van der Waals surface area contributed by atoms with E-state index in [-0.39, 0.29) is 24.4 Å². The van der Waals surface area contributed by atoms with E-state index >= 15 is 0 Å². The zero-order valence-electron chi connectivity index (χ0n) is 15.9. The molecule has 7 nitrogen and oxygen atoms in total. The molecule has 0 atom stereocenters. The van der Waals surface area contributed by atoms with Gasteiger partial charge in [-0.05, 0) is 26.0 Å². The number of alkyl halides is 2. The number of imidazole rings is 1. The molecule has 0 aliphatic carbocycles. The highest BCUT2D eigenvalue weighted by atomic mass is 19.3. The molecule has 0 N–H and O–H groups in total. The van der Waals surface area contributed by atoms with Gasteiger partial charge in [0.1, 0.15) is 22.8 Å². The van der Waals surface area contributed by atoms with Crippen molar-refractivity contribution in [3.05, 3.63) is 59.3 Å². The van der Waals surface area contributed by atoms with Crippen molar-refractivity contribution in [2.45, 2.75) is 26.7 Å². The molecule has 3 rings (SSSR count). The van der Waals surface area contributed by atoms with Gasteiger partial charge in [0.25, 0.3) is 6.43 Å². The molecule has 0 fully saturated rings. The van der Waals surface area contributed by atoms with Crippen LogP contribution in [0.15, 0.2) is 36.7 Å². The van der Waals surface area contributed by atoms with Crippen LogP contribution in [0.4, 0.5) is 8.78 Å². The zero-order chi connectivity index (χ0) is 21.0. The fourth-order valence-electron chi connectivity index (χ4n) is 2.78. The molecule has 0 saturated carbocycles. The number of carbonyl (C=O) groups is 2. The Kier molecular flexibility index (Phi) is 6.16. The topological polar surface area (TPSA) is 82.8 Å². The van der Waals surface area contributed by atoms with E-state index in [0.29, 0.717) is 23.6 Å². The third kappa shape index (κ3) is 4.56. The molecule has 3 aromatic rings. The lowest BCUT2D eigenvalue weighted by Gasteiger charge is -2.11. The van der Waals surface area contributed by atoms with E-state index in [9.17, 15) is 18.4 Å². The first-order chi connectivity index (χ1) is 13.9. The molecule has 29 heavy (non-hydrogen) atoms. The monoisotopic (exact) mass is 403 g/mol. The zero-order valence-corrected chi connectivity index (χ0v) is 15.9. The van der Waals surface area contributed by atoms with Crippen molar-refractivity contribution >= 4 is 17.4 Å². The Hall–Kier alpha value is -3.36. The highest BCUT2D eigenvalue weighted by molar-refractivity contribution is 5.96. The number of nitrogens with zero attached hydrogens (tertiary/aromatic N) is 3. The van der Waals surface area contributed by atoms with E-state index in [1.54, 1.807) is 30.5 Å². The molecule has 0 unspecified atom stereocenters. The van der Waals surface area contributed by atoms with Crippen LogP contribution in [-0.4, -0.2) is 39.3 Å². The van der Waals surface area contributed by atoms with Crippen LogP contribution in [-0.2, 0) is 11.2 Å². The maximum atomic E-state index is 12.9. The second-order valence-corrected chi connectivity index (χ2v) is 6.06. The maximum Gasteiger partial charge on any atom is 0.358 e. The summed E-state index contributed by atoms with van der Waals surface area (Å²) in [5.74, 6) is -0.572. The predicted molar refractivity (Wildman–Crippen MR) is 99.5 cm³/mol. The molecule has 0 aliphatic heterocycles. The summed E-state index contributed by atoms with van der Waals surface area (Å²) >= 11 is 0. The van der Waals surface area contributed by atoms with Crippen molar-refractivity contribution in [3.63, 3.8) is 0 Å². The number of aromatic nitrogens is 3. The number of ether oxygens (including phenoxy) is 2. The van der Waals surface area contributed by atoms with Crippen LogP contribution in [0.1, 0.15) is 52.5 Å². The van der Waals surface area contributed by atoms with Gasteiger partial charge in [0.15, 0.2) is 11.5 Å². The first-order valence-corrected chi connectivity index (χ1v) is 9.02. The molecule has 3 aromatic heterocycles. The summed E-state index contributed by atoms with van der Waals surface area (Å²) in [5, 5.41) is 0. The van der Waals surface area contributed by atoms with Crippen LogP contribution < -0.4 is 4.74 Å². The summed E-state index contributed by atoms with van der Waals surface area (Å²) in [7, 11) is 0. The van der Waals surface area contributed by atoms with Crippen molar-refractivity contribution < 1.29 is 27.8 Å². The predicted octanol–water partition coefficient (Wildman–Crippen LogP) is 3.67. The van der Waals surface area contributed by atoms with Gasteiger partial charge < -0.3 is 13.9 Å². The number of esters is 1. The smallest absolute Gasteiger partial charge is 0.358 e. The van der Waals surface area contributed by atoms with Crippen LogP contribution in [0.3, 0.4) is 0 Å². The Morgan fingerprint density at radius 2 is 1.90 bits per heavy atom. The minimum absolute atomic E-state index is 0.0526. The summed E-state index contributed by atoms with van der Waals surface area (Å²) in [6, 6.07) is 5.54. The standard InChI is InChI=1S/C20H19F2N3O4/c1-3-28-17-9-18-24-15(20(27)29-4-2)11-25(18)10-12(17)8-16(26)13-6-5-7-14(23-13)19(21)22/h5-7,9-11,19H,3-4,8H2,1-2H3. The average molecular weight is 403 g/mol. The summed E-state index contributed by atoms with van der Waals surface area (Å²) < 4.78 is 37.8. The van der Waals surface area contributed by atoms with Gasteiger partial charge in [-0.3, -0.25) is 4.79 Å². The molecule has 0 aliphatic rings. The lowest BCUT2D eigenvalue weighted by molar-refractivity contribution is 0.0520. The van der Waals surface area contributed by atoms with Crippen LogP contribution in [0, 0.1) is 0 Å². The Labute approximate surface area is 165 Å². The van der Waals surface area contributed by atoms with Crippen molar-refractivity contribution in [2.24, 2.45) is 0 Å². The lowest BCUT2D eigenvalue weighted by atomic mass is 10.1. The SMILES string of the molecule is CCOC(=O)c1cn2cc(CC(=O)c3cccc(C(F)F)n3)c(OCC)cc2n1. The molecular formula is C20H19F2N3O4. The lowest BCUT2D eigenvalue weighted by Crippen LogP contribution is -2.10. The number of fused-ring (bicyclic) bond motifs is 1. The first kappa shape index (κ1) is 20.4. The van der Waals surface area contributed by atoms with E-state index in [4.69, 9.17) is 9.47 Å². The second-order valence-electron chi connectivity index (χ2n) is 6.06. The number of pyridine rings is 2. The van der Waals surface area contributed by atoms with E-state index in [1.165, 1.54) is 24.4 Å². The van der Waals surface area contributed by atoms with Gasteiger partial charge in [0.2, 0.25) is 0 Å². The fraction of sp³-hybridized carbons (Fsp3) is 0.300. The first-order valence-electron chi connectivity index (χ1n) is 9.02. The molecule has 9 heteroatoms. The van der Waals surface area contributed by atoms with Gasteiger partial charge in [-0.15, -0.1) is 0 Å². The number of hydrogen-bond acceptors (Lipinski definition) is 6. The van der Waals surface area contributed by atoms with Gasteiger partial charge >= 0.3 is 5.97 Å². The molecule has 152 valence electrons. The highest BCUT2D eigenvalue weighted by Gasteiger charge is 2.18. The second kappa shape index (κ2) is 8.76. The maximum absolute atomic E-state index is 12.9. The van der Waals surface area contributed by atoms with Crippen molar-refractivity contribution in [1.29, 1.82) is 0 Å². The number of carbonyl (C=O) groups excluding carboxylic acids is 2. The van der Waals surface area contributed by atoms with Crippen LogP contribution in [0.2, 0.25) is 0 Å². The highest BCUT2D eigenvalue weighted by Crippen LogP contribution is 2.24. The molecule has 0 radical (unpaired) electrons. The number of rotatable bonds is 8. The Morgan fingerprint density at radius 1 is 1.10 bits per heavy atom. The molecule has 3 heterocycles. The Balaban J connectivity index is 1.94. The fourth-order valence-corrected chi connectivity index (χ4v) is 2.78. The average Bonchev–Trinajstić information content (AvgIpc) is 3.11. The minimum atomic E-state index is -2.76. The van der Waals surface area contributed by atoms with E-state index < -0.39 is 23.9 Å². The Morgan fingerprint density at radius 3 is 2.59 bits per heavy atom. The molecule has 0 aromatic carbocycles. The molecule has 0 bridgehead atoms. The summed E-state index contributed by atoms with van der Waals surface area (Å²) in [6.45, 7) is 4.06. The van der Waals surface area contributed by atoms with Crippen LogP contribution in [0.5, 0.6) is 5.75 Å². The van der Waals surface area contributed by atoms with E-state index in [0.717, 1.165) is 0 Å². The van der Waals surface area contributed by atoms with Gasteiger partial charge in [-0.25, -0.2) is 23.5 Å².